The summed E-state index contributed by atoms with van der Waals surface area (Å²) in [6.45, 7) is 11.2. The van der Waals surface area contributed by atoms with E-state index in [4.69, 9.17) is 0 Å². The molecule has 118 valence electrons. The maximum absolute atomic E-state index is 3.81. The van der Waals surface area contributed by atoms with Gasteiger partial charge in [-0.3, -0.25) is 4.90 Å². The molecule has 1 aliphatic rings. The lowest BCUT2D eigenvalue weighted by atomic mass is 10.0. The Hall–Kier alpha value is -0.900. The molecule has 1 heterocycles. The summed E-state index contributed by atoms with van der Waals surface area (Å²) in [5, 5.41) is 3.81. The van der Waals surface area contributed by atoms with Crippen molar-refractivity contribution < 1.29 is 0 Å². The first-order valence-corrected chi connectivity index (χ1v) is 8.38. The summed E-state index contributed by atoms with van der Waals surface area (Å²) in [6.07, 6.45) is 1.26. The average Bonchev–Trinajstić information content (AvgIpc) is 2.83. The van der Waals surface area contributed by atoms with Gasteiger partial charge in [0.15, 0.2) is 0 Å². The number of likely N-dealkylation sites (tertiary alicyclic amines) is 1. The number of benzene rings is 1. The van der Waals surface area contributed by atoms with Crippen LogP contribution in [0.4, 0.5) is 0 Å². The number of nitrogens with zero attached hydrogens (tertiary/aromatic N) is 2. The number of likely N-dealkylation sites (N-methyl/N-ethyl adjacent to an activating group) is 2. The van der Waals surface area contributed by atoms with Gasteiger partial charge in [-0.15, -0.1) is 0 Å². The molecule has 1 aromatic rings. The highest BCUT2D eigenvalue weighted by atomic mass is 15.2. The second-order valence-electron chi connectivity index (χ2n) is 6.28. The molecule has 1 aliphatic heterocycles. The summed E-state index contributed by atoms with van der Waals surface area (Å²) in [5.74, 6) is 0. The predicted octanol–water partition coefficient (Wildman–Crippen LogP) is 2.75. The molecule has 3 nitrogen and oxygen atoms in total. The molecule has 0 saturated carbocycles. The van der Waals surface area contributed by atoms with Gasteiger partial charge >= 0.3 is 0 Å². The second-order valence-corrected chi connectivity index (χ2v) is 6.28. The Kier molecular flexibility index (Phi) is 6.22. The molecular weight excluding hydrogens is 258 g/mol. The normalized spacial score (nSPS) is 24.6. The van der Waals surface area contributed by atoms with Crippen LogP contribution in [-0.2, 0) is 0 Å². The molecule has 1 N–H and O–H groups in total. The van der Waals surface area contributed by atoms with Crippen molar-refractivity contribution in [1.82, 2.24) is 15.1 Å². The summed E-state index contributed by atoms with van der Waals surface area (Å²) in [7, 11) is 2.23. The molecule has 3 unspecified atom stereocenters. The van der Waals surface area contributed by atoms with E-state index in [0.29, 0.717) is 18.1 Å². The topological polar surface area (TPSA) is 18.5 Å². The molecule has 0 amide bonds. The second kappa shape index (κ2) is 7.92. The lowest BCUT2D eigenvalue weighted by molar-refractivity contribution is 0.208. The maximum atomic E-state index is 3.81. The zero-order valence-electron chi connectivity index (χ0n) is 14.0. The fourth-order valence-corrected chi connectivity index (χ4v) is 3.42. The maximum Gasteiger partial charge on any atom is 0.0472 e. The van der Waals surface area contributed by atoms with Crippen molar-refractivity contribution in [2.45, 2.75) is 45.3 Å². The first kappa shape index (κ1) is 16.5. The summed E-state index contributed by atoms with van der Waals surface area (Å²) >= 11 is 0. The molecule has 3 atom stereocenters. The highest BCUT2D eigenvalue weighted by Crippen LogP contribution is 2.21. The Morgan fingerprint density at radius 1 is 1.24 bits per heavy atom. The van der Waals surface area contributed by atoms with Gasteiger partial charge in [0.05, 0.1) is 0 Å². The zero-order chi connectivity index (χ0) is 15.2. The van der Waals surface area contributed by atoms with Crippen molar-refractivity contribution in [3.8, 4) is 0 Å². The van der Waals surface area contributed by atoms with Gasteiger partial charge in [-0.1, -0.05) is 44.2 Å². The predicted molar refractivity (Wildman–Crippen MR) is 90.6 cm³/mol. The van der Waals surface area contributed by atoms with E-state index < -0.39 is 0 Å². The van der Waals surface area contributed by atoms with E-state index in [1.54, 1.807) is 0 Å². The van der Waals surface area contributed by atoms with Gasteiger partial charge in [-0.2, -0.15) is 0 Å². The molecule has 1 fully saturated rings. The van der Waals surface area contributed by atoms with Crippen molar-refractivity contribution in [1.29, 1.82) is 0 Å². The average molecular weight is 289 g/mol. The van der Waals surface area contributed by atoms with E-state index in [9.17, 15) is 0 Å². The van der Waals surface area contributed by atoms with Crippen LogP contribution in [0, 0.1) is 0 Å². The van der Waals surface area contributed by atoms with E-state index >= 15 is 0 Å². The fraction of sp³-hybridized carbons (Fsp3) is 0.667. The van der Waals surface area contributed by atoms with Gasteiger partial charge < -0.3 is 10.2 Å². The van der Waals surface area contributed by atoms with E-state index in [1.807, 2.05) is 0 Å². The molecule has 0 spiro atoms. The van der Waals surface area contributed by atoms with E-state index in [0.717, 1.165) is 19.6 Å². The van der Waals surface area contributed by atoms with Crippen LogP contribution < -0.4 is 5.32 Å². The van der Waals surface area contributed by atoms with Crippen LogP contribution in [-0.4, -0.2) is 55.1 Å². The van der Waals surface area contributed by atoms with Gasteiger partial charge in [-0.25, -0.2) is 0 Å². The number of nitrogens with one attached hydrogen (secondary N) is 1. The van der Waals surface area contributed by atoms with Crippen LogP contribution in [0.15, 0.2) is 30.3 Å². The van der Waals surface area contributed by atoms with Crippen LogP contribution >= 0.6 is 0 Å². The minimum atomic E-state index is 0.474. The number of hydrogen-bond donors (Lipinski definition) is 1. The largest absolute Gasteiger partial charge is 0.311 e. The zero-order valence-corrected chi connectivity index (χ0v) is 14.0. The van der Waals surface area contributed by atoms with Crippen LogP contribution in [0.25, 0.3) is 0 Å². The Bertz CT molecular complexity index is 392. The van der Waals surface area contributed by atoms with Crippen LogP contribution in [0.2, 0.25) is 0 Å². The van der Waals surface area contributed by atoms with Crippen molar-refractivity contribution in [3.63, 3.8) is 0 Å². The summed E-state index contributed by atoms with van der Waals surface area (Å²) in [4.78, 5) is 5.00. The Morgan fingerprint density at radius 2 is 1.90 bits per heavy atom. The Labute approximate surface area is 130 Å². The molecule has 1 saturated heterocycles. The van der Waals surface area contributed by atoms with Crippen LogP contribution in [0.5, 0.6) is 0 Å². The number of rotatable bonds is 7. The van der Waals surface area contributed by atoms with Crippen LogP contribution in [0.1, 0.15) is 38.8 Å². The molecule has 1 aromatic carbocycles. The smallest absolute Gasteiger partial charge is 0.0472 e. The van der Waals surface area contributed by atoms with Crippen molar-refractivity contribution in [2.75, 3.05) is 33.2 Å². The molecule has 3 heteroatoms. The lowest BCUT2D eigenvalue weighted by Gasteiger charge is -2.31. The standard InChI is InChI=1S/C18H31N3/c1-5-21(6-2)18(16-10-8-7-9-11-16)13-19-17-12-15(3)20(4)14-17/h7-11,15,17-19H,5-6,12-14H2,1-4H3. The molecule has 0 aliphatic carbocycles. The third-order valence-electron chi connectivity index (χ3n) is 4.92. The van der Waals surface area contributed by atoms with Crippen molar-refractivity contribution in [3.05, 3.63) is 35.9 Å². The van der Waals surface area contributed by atoms with E-state index in [-0.39, 0.29) is 0 Å². The first-order valence-electron chi connectivity index (χ1n) is 8.38. The van der Waals surface area contributed by atoms with E-state index in [1.165, 1.54) is 18.5 Å². The first-order chi connectivity index (χ1) is 10.2. The van der Waals surface area contributed by atoms with Gasteiger partial charge in [0, 0.05) is 31.2 Å². The SMILES string of the molecule is CCN(CC)C(CNC1CC(C)N(C)C1)c1ccccc1. The van der Waals surface area contributed by atoms with Crippen LogP contribution in [0.3, 0.4) is 0 Å². The van der Waals surface area contributed by atoms with Crippen molar-refractivity contribution >= 4 is 0 Å². The Morgan fingerprint density at radius 3 is 2.43 bits per heavy atom. The summed E-state index contributed by atoms with van der Waals surface area (Å²) < 4.78 is 0. The van der Waals surface area contributed by atoms with Crippen molar-refractivity contribution in [2.24, 2.45) is 0 Å². The quantitative estimate of drug-likeness (QED) is 0.832. The third-order valence-corrected chi connectivity index (χ3v) is 4.92. The minimum absolute atomic E-state index is 0.474. The lowest BCUT2D eigenvalue weighted by Crippen LogP contribution is -2.40. The van der Waals surface area contributed by atoms with Gasteiger partial charge in [-0.05, 0) is 39.0 Å². The fourth-order valence-electron chi connectivity index (χ4n) is 3.42. The van der Waals surface area contributed by atoms with E-state index in [2.05, 4.69) is 73.3 Å². The summed E-state index contributed by atoms with van der Waals surface area (Å²) in [5.41, 5.74) is 1.42. The third kappa shape index (κ3) is 4.29. The number of hydrogen-bond acceptors (Lipinski definition) is 3. The Balaban J connectivity index is 2.00. The minimum Gasteiger partial charge on any atom is -0.311 e. The van der Waals surface area contributed by atoms with Gasteiger partial charge in [0.25, 0.3) is 0 Å². The summed E-state index contributed by atoms with van der Waals surface area (Å²) in [6, 6.07) is 12.7. The van der Waals surface area contributed by atoms with Gasteiger partial charge in [0.1, 0.15) is 0 Å². The van der Waals surface area contributed by atoms with Gasteiger partial charge in [0.2, 0.25) is 0 Å². The molecule has 0 bridgehead atoms. The molecular formula is C18H31N3. The molecule has 0 radical (unpaired) electrons. The highest BCUT2D eigenvalue weighted by Gasteiger charge is 2.27. The molecule has 0 aromatic heterocycles. The molecule has 21 heavy (non-hydrogen) atoms. The molecule has 2 rings (SSSR count). The highest BCUT2D eigenvalue weighted by molar-refractivity contribution is 5.19. The monoisotopic (exact) mass is 289 g/mol.